The van der Waals surface area contributed by atoms with E-state index in [0.717, 1.165) is 37.2 Å². The summed E-state index contributed by atoms with van der Waals surface area (Å²) in [6.07, 6.45) is 8.34. The molecule has 1 aliphatic heterocycles. The van der Waals surface area contributed by atoms with Crippen molar-refractivity contribution >= 4 is 11.7 Å². The summed E-state index contributed by atoms with van der Waals surface area (Å²) in [6.45, 7) is 3.52. The van der Waals surface area contributed by atoms with Crippen LogP contribution in [-0.4, -0.2) is 48.5 Å². The summed E-state index contributed by atoms with van der Waals surface area (Å²) in [4.78, 5) is 27.4. The van der Waals surface area contributed by atoms with E-state index in [2.05, 4.69) is 20.1 Å². The summed E-state index contributed by atoms with van der Waals surface area (Å²) in [5.74, 6) is 1.10. The van der Waals surface area contributed by atoms with E-state index in [-0.39, 0.29) is 5.91 Å². The third kappa shape index (κ3) is 2.51. The van der Waals surface area contributed by atoms with Gasteiger partial charge in [0, 0.05) is 37.2 Å². The molecule has 3 aromatic heterocycles. The van der Waals surface area contributed by atoms with E-state index in [0.29, 0.717) is 17.2 Å². The van der Waals surface area contributed by atoms with Gasteiger partial charge in [-0.2, -0.15) is 4.98 Å². The van der Waals surface area contributed by atoms with Crippen molar-refractivity contribution in [1.29, 1.82) is 0 Å². The molecule has 0 aliphatic carbocycles. The molecule has 7 nitrogen and oxygen atoms in total. The summed E-state index contributed by atoms with van der Waals surface area (Å²) in [7, 11) is 0. The summed E-state index contributed by atoms with van der Waals surface area (Å²) >= 11 is 0. The van der Waals surface area contributed by atoms with Gasteiger partial charge in [0.2, 0.25) is 0 Å². The van der Waals surface area contributed by atoms with Crippen LogP contribution in [0.3, 0.4) is 0 Å². The standard InChI is InChI=1S/C17H18N6O/c1-12-14(16(24)22-9-3-2-4-10-22)11-19-17-20-15(21-23(12)17)13-5-7-18-8-6-13/h5-8,11H,2-4,9-10H2,1H3. The predicted octanol–water partition coefficient (Wildman–Crippen LogP) is 2.12. The fourth-order valence-corrected chi connectivity index (χ4v) is 3.04. The van der Waals surface area contributed by atoms with Gasteiger partial charge in [-0.1, -0.05) is 0 Å². The van der Waals surface area contributed by atoms with Gasteiger partial charge in [-0.3, -0.25) is 9.78 Å². The second-order valence-corrected chi connectivity index (χ2v) is 5.99. The van der Waals surface area contributed by atoms with E-state index in [4.69, 9.17) is 0 Å². The minimum atomic E-state index is 0.0301. The van der Waals surface area contributed by atoms with Crippen molar-refractivity contribution in [3.8, 4) is 11.4 Å². The number of carbonyl (C=O) groups excluding carboxylic acids is 1. The number of amides is 1. The highest BCUT2D eigenvalue weighted by Gasteiger charge is 2.22. The van der Waals surface area contributed by atoms with Crippen LogP contribution in [0.15, 0.2) is 30.7 Å². The number of aromatic nitrogens is 5. The molecule has 1 saturated heterocycles. The Balaban J connectivity index is 1.73. The first-order valence-electron chi connectivity index (χ1n) is 8.16. The van der Waals surface area contributed by atoms with Gasteiger partial charge in [0.1, 0.15) is 0 Å². The molecule has 0 spiro atoms. The Kier molecular flexibility index (Phi) is 3.68. The van der Waals surface area contributed by atoms with Crippen LogP contribution >= 0.6 is 0 Å². The van der Waals surface area contributed by atoms with Crippen LogP contribution in [-0.2, 0) is 0 Å². The van der Waals surface area contributed by atoms with Crippen molar-refractivity contribution < 1.29 is 4.79 Å². The Labute approximate surface area is 139 Å². The molecule has 122 valence electrons. The number of likely N-dealkylation sites (tertiary alicyclic amines) is 1. The van der Waals surface area contributed by atoms with Crippen molar-refractivity contribution in [1.82, 2.24) is 29.5 Å². The van der Waals surface area contributed by atoms with Crippen molar-refractivity contribution in [2.24, 2.45) is 0 Å². The maximum atomic E-state index is 12.8. The Hall–Kier alpha value is -2.83. The zero-order chi connectivity index (χ0) is 16.5. The highest BCUT2D eigenvalue weighted by Crippen LogP contribution is 2.18. The average Bonchev–Trinajstić information content (AvgIpc) is 3.08. The molecule has 0 N–H and O–H groups in total. The summed E-state index contributed by atoms with van der Waals surface area (Å²) < 4.78 is 1.65. The molecule has 0 bridgehead atoms. The lowest BCUT2D eigenvalue weighted by Gasteiger charge is -2.27. The molecular formula is C17H18N6O. The Morgan fingerprint density at radius 2 is 1.88 bits per heavy atom. The Morgan fingerprint density at radius 1 is 1.12 bits per heavy atom. The van der Waals surface area contributed by atoms with E-state index in [1.165, 1.54) is 6.42 Å². The number of pyridine rings is 1. The molecule has 4 heterocycles. The van der Waals surface area contributed by atoms with E-state index in [1.54, 1.807) is 23.1 Å². The third-order valence-corrected chi connectivity index (χ3v) is 4.42. The lowest BCUT2D eigenvalue weighted by Crippen LogP contribution is -2.36. The molecule has 7 heteroatoms. The minimum Gasteiger partial charge on any atom is -0.339 e. The first kappa shape index (κ1) is 14.7. The minimum absolute atomic E-state index is 0.0301. The van der Waals surface area contributed by atoms with E-state index < -0.39 is 0 Å². The van der Waals surface area contributed by atoms with Gasteiger partial charge in [0.25, 0.3) is 11.7 Å². The number of piperidine rings is 1. The Morgan fingerprint density at radius 3 is 2.62 bits per heavy atom. The van der Waals surface area contributed by atoms with Crippen LogP contribution < -0.4 is 0 Å². The van der Waals surface area contributed by atoms with Gasteiger partial charge in [-0.25, -0.2) is 9.50 Å². The van der Waals surface area contributed by atoms with Gasteiger partial charge in [0.05, 0.1) is 11.3 Å². The largest absolute Gasteiger partial charge is 0.339 e. The molecule has 4 rings (SSSR count). The fraction of sp³-hybridized carbons (Fsp3) is 0.353. The van der Waals surface area contributed by atoms with E-state index in [9.17, 15) is 4.79 Å². The van der Waals surface area contributed by atoms with Crippen LogP contribution in [0.1, 0.15) is 35.3 Å². The molecule has 0 radical (unpaired) electrons. The maximum Gasteiger partial charge on any atom is 0.257 e. The van der Waals surface area contributed by atoms with Crippen LogP contribution in [0.4, 0.5) is 0 Å². The quantitative estimate of drug-likeness (QED) is 0.722. The smallest absolute Gasteiger partial charge is 0.257 e. The van der Waals surface area contributed by atoms with E-state index in [1.807, 2.05) is 24.0 Å². The lowest BCUT2D eigenvalue weighted by molar-refractivity contribution is 0.0722. The van der Waals surface area contributed by atoms with Gasteiger partial charge >= 0.3 is 0 Å². The highest BCUT2D eigenvalue weighted by molar-refractivity contribution is 5.95. The van der Waals surface area contributed by atoms with Crippen LogP contribution in [0, 0.1) is 6.92 Å². The van der Waals surface area contributed by atoms with Crippen LogP contribution in [0.2, 0.25) is 0 Å². The SMILES string of the molecule is Cc1c(C(=O)N2CCCCC2)cnc2nc(-c3ccncc3)nn12. The Bertz CT molecular complexity index is 883. The number of hydrogen-bond acceptors (Lipinski definition) is 5. The van der Waals surface area contributed by atoms with Gasteiger partial charge in [0.15, 0.2) is 5.82 Å². The molecular weight excluding hydrogens is 304 g/mol. The maximum absolute atomic E-state index is 12.8. The molecule has 24 heavy (non-hydrogen) atoms. The first-order chi connectivity index (χ1) is 11.7. The lowest BCUT2D eigenvalue weighted by atomic mass is 10.1. The highest BCUT2D eigenvalue weighted by atomic mass is 16.2. The molecule has 1 fully saturated rings. The van der Waals surface area contributed by atoms with Gasteiger partial charge in [-0.05, 0) is 38.3 Å². The number of aryl methyl sites for hydroxylation is 1. The van der Waals surface area contributed by atoms with Gasteiger partial charge in [-0.15, -0.1) is 5.10 Å². The molecule has 0 saturated carbocycles. The molecule has 1 amide bonds. The molecule has 1 aliphatic rings. The predicted molar refractivity (Wildman–Crippen MR) is 88.5 cm³/mol. The molecule has 3 aromatic rings. The summed E-state index contributed by atoms with van der Waals surface area (Å²) in [5, 5.41) is 4.52. The third-order valence-electron chi connectivity index (χ3n) is 4.42. The second-order valence-electron chi connectivity index (χ2n) is 5.99. The van der Waals surface area contributed by atoms with Crippen LogP contribution in [0.25, 0.3) is 17.2 Å². The van der Waals surface area contributed by atoms with Crippen molar-refractivity contribution in [3.63, 3.8) is 0 Å². The zero-order valence-electron chi connectivity index (χ0n) is 13.5. The van der Waals surface area contributed by atoms with E-state index >= 15 is 0 Å². The monoisotopic (exact) mass is 322 g/mol. The second kappa shape index (κ2) is 5.99. The van der Waals surface area contributed by atoms with Crippen molar-refractivity contribution in [2.45, 2.75) is 26.2 Å². The molecule has 0 unspecified atom stereocenters. The molecule has 0 atom stereocenters. The fourth-order valence-electron chi connectivity index (χ4n) is 3.04. The molecule has 0 aromatic carbocycles. The summed E-state index contributed by atoms with van der Waals surface area (Å²) in [6, 6.07) is 3.70. The zero-order valence-corrected chi connectivity index (χ0v) is 13.5. The first-order valence-corrected chi connectivity index (χ1v) is 8.16. The normalized spacial score (nSPS) is 15.0. The number of carbonyl (C=O) groups is 1. The van der Waals surface area contributed by atoms with Crippen molar-refractivity contribution in [3.05, 3.63) is 42.0 Å². The number of rotatable bonds is 2. The average molecular weight is 322 g/mol. The van der Waals surface area contributed by atoms with Gasteiger partial charge < -0.3 is 4.90 Å². The summed E-state index contributed by atoms with van der Waals surface area (Å²) in [5.41, 5.74) is 2.23. The van der Waals surface area contributed by atoms with Crippen molar-refractivity contribution in [2.75, 3.05) is 13.1 Å². The number of fused-ring (bicyclic) bond motifs is 1. The van der Waals surface area contributed by atoms with Crippen LogP contribution in [0.5, 0.6) is 0 Å². The topological polar surface area (TPSA) is 76.3 Å². The number of nitrogens with zero attached hydrogens (tertiary/aromatic N) is 6. The number of hydrogen-bond donors (Lipinski definition) is 0.